The summed E-state index contributed by atoms with van der Waals surface area (Å²) >= 11 is 0. The Morgan fingerprint density at radius 1 is 0.276 bits per heavy atom. The lowest BCUT2D eigenvalue weighted by molar-refractivity contribution is 0.669. The van der Waals surface area contributed by atoms with Crippen LogP contribution in [0.5, 0.6) is 0 Å². The highest BCUT2D eigenvalue weighted by molar-refractivity contribution is 6.16. The van der Waals surface area contributed by atoms with Crippen molar-refractivity contribution in [3.8, 4) is 33.4 Å². The van der Waals surface area contributed by atoms with Crippen molar-refractivity contribution in [2.24, 2.45) is 0 Å². The lowest BCUT2D eigenvalue weighted by Crippen LogP contribution is -2.10. The van der Waals surface area contributed by atoms with Crippen molar-refractivity contribution in [1.82, 2.24) is 0 Å². The van der Waals surface area contributed by atoms with Crippen molar-refractivity contribution >= 4 is 82.9 Å². The molecule has 0 atom stereocenters. The molecular formula is C54H33NO3. The van der Waals surface area contributed by atoms with Gasteiger partial charge in [0.1, 0.15) is 27.9 Å². The summed E-state index contributed by atoms with van der Waals surface area (Å²) in [4.78, 5) is 2.30. The molecule has 0 spiro atoms. The van der Waals surface area contributed by atoms with Gasteiger partial charge in [-0.3, -0.25) is 0 Å². The number of benzene rings is 9. The number of para-hydroxylation sites is 5. The first-order chi connectivity index (χ1) is 28.8. The molecule has 0 saturated heterocycles. The number of rotatable bonds is 6. The Kier molecular flexibility index (Phi) is 7.20. The largest absolute Gasteiger partial charge is 0.455 e. The third-order valence-electron chi connectivity index (χ3n) is 11.5. The van der Waals surface area contributed by atoms with Crippen LogP contribution < -0.4 is 4.90 Å². The van der Waals surface area contributed by atoms with Gasteiger partial charge in [-0.1, -0.05) is 152 Å². The topological polar surface area (TPSA) is 42.7 Å². The molecule has 9 aromatic carbocycles. The molecule has 12 rings (SSSR count). The fourth-order valence-corrected chi connectivity index (χ4v) is 8.82. The van der Waals surface area contributed by atoms with Gasteiger partial charge < -0.3 is 18.2 Å². The van der Waals surface area contributed by atoms with E-state index in [0.717, 1.165) is 116 Å². The molecule has 0 aliphatic rings. The Morgan fingerprint density at radius 3 is 1.31 bits per heavy atom. The zero-order valence-corrected chi connectivity index (χ0v) is 31.2. The summed E-state index contributed by atoms with van der Waals surface area (Å²) in [6, 6.07) is 70.1. The smallest absolute Gasteiger partial charge is 0.159 e. The van der Waals surface area contributed by atoms with Crippen LogP contribution in [0.15, 0.2) is 213 Å². The molecule has 4 nitrogen and oxygen atoms in total. The standard InChI is InChI=1S/C54H33NO3/c1-2-12-34(13-3-1)39-16-11-25-50-51(39)46-21-10-22-47(54(46)58-50)55(37-30-26-35(27-31-37)40-17-8-19-44-42-14-4-6-23-48(42)56-52(40)44)38-32-28-36(29-33-38)41-18-9-20-45-43-15-5-7-24-49(43)57-53(41)45/h1-33H. The SMILES string of the molecule is c1ccc(-c2cccc3oc4c(N(c5ccc(-c6cccc7c6oc6ccccc67)cc5)c5ccc(-c6cccc7c6oc6ccccc67)cc5)cccc4c23)cc1. The lowest BCUT2D eigenvalue weighted by atomic mass is 9.99. The minimum atomic E-state index is 0.827. The van der Waals surface area contributed by atoms with E-state index in [-0.39, 0.29) is 0 Å². The number of fused-ring (bicyclic) bond motifs is 9. The molecular weight excluding hydrogens is 711 g/mol. The van der Waals surface area contributed by atoms with Crippen LogP contribution >= 0.6 is 0 Å². The van der Waals surface area contributed by atoms with Crippen LogP contribution in [0.2, 0.25) is 0 Å². The molecule has 12 aromatic rings. The lowest BCUT2D eigenvalue weighted by Gasteiger charge is -2.26. The van der Waals surface area contributed by atoms with Gasteiger partial charge >= 0.3 is 0 Å². The van der Waals surface area contributed by atoms with Crippen molar-refractivity contribution in [3.05, 3.63) is 200 Å². The average molecular weight is 744 g/mol. The summed E-state index contributed by atoms with van der Waals surface area (Å²) in [7, 11) is 0. The summed E-state index contributed by atoms with van der Waals surface area (Å²) in [6.45, 7) is 0. The van der Waals surface area contributed by atoms with Gasteiger partial charge in [-0.05, 0) is 70.8 Å². The number of hydrogen-bond acceptors (Lipinski definition) is 4. The predicted octanol–water partition coefficient (Wildman–Crippen LogP) is 15.9. The monoisotopic (exact) mass is 743 g/mol. The van der Waals surface area contributed by atoms with E-state index in [2.05, 4.69) is 181 Å². The zero-order valence-electron chi connectivity index (χ0n) is 31.2. The summed E-state index contributed by atoms with van der Waals surface area (Å²) in [5, 5.41) is 6.65. The molecule has 0 saturated carbocycles. The van der Waals surface area contributed by atoms with E-state index < -0.39 is 0 Å². The van der Waals surface area contributed by atoms with Crippen molar-refractivity contribution in [2.75, 3.05) is 4.90 Å². The fraction of sp³-hybridized carbons (Fsp3) is 0. The molecule has 58 heavy (non-hydrogen) atoms. The minimum Gasteiger partial charge on any atom is -0.455 e. The Hall–Kier alpha value is -7.82. The first kappa shape index (κ1) is 32.4. The van der Waals surface area contributed by atoms with Crippen LogP contribution in [-0.4, -0.2) is 0 Å². The molecule has 3 aromatic heterocycles. The van der Waals surface area contributed by atoms with Gasteiger partial charge in [-0.15, -0.1) is 0 Å². The van der Waals surface area contributed by atoms with E-state index in [1.54, 1.807) is 0 Å². The first-order valence-corrected chi connectivity index (χ1v) is 19.6. The molecule has 0 aliphatic heterocycles. The van der Waals surface area contributed by atoms with Crippen LogP contribution in [0.25, 0.3) is 99.2 Å². The van der Waals surface area contributed by atoms with Gasteiger partial charge in [-0.25, -0.2) is 0 Å². The van der Waals surface area contributed by atoms with Crippen LogP contribution in [0.4, 0.5) is 17.1 Å². The van der Waals surface area contributed by atoms with Crippen LogP contribution in [-0.2, 0) is 0 Å². The fourth-order valence-electron chi connectivity index (χ4n) is 8.82. The second-order valence-corrected chi connectivity index (χ2v) is 14.8. The van der Waals surface area contributed by atoms with Gasteiger partial charge in [0.2, 0.25) is 0 Å². The van der Waals surface area contributed by atoms with Crippen molar-refractivity contribution in [3.63, 3.8) is 0 Å². The number of anilines is 3. The number of hydrogen-bond donors (Lipinski definition) is 0. The molecule has 0 N–H and O–H groups in total. The Morgan fingerprint density at radius 2 is 0.707 bits per heavy atom. The maximum absolute atomic E-state index is 6.84. The van der Waals surface area contributed by atoms with E-state index >= 15 is 0 Å². The summed E-state index contributed by atoms with van der Waals surface area (Å²) in [5.41, 5.74) is 14.8. The van der Waals surface area contributed by atoms with E-state index in [1.807, 2.05) is 24.3 Å². The van der Waals surface area contributed by atoms with Crippen molar-refractivity contribution < 1.29 is 13.3 Å². The van der Waals surface area contributed by atoms with E-state index in [0.29, 0.717) is 0 Å². The summed E-state index contributed by atoms with van der Waals surface area (Å²) in [6.07, 6.45) is 0. The predicted molar refractivity (Wildman–Crippen MR) is 239 cm³/mol. The van der Waals surface area contributed by atoms with E-state index in [9.17, 15) is 0 Å². The highest BCUT2D eigenvalue weighted by atomic mass is 16.3. The first-order valence-electron chi connectivity index (χ1n) is 19.6. The van der Waals surface area contributed by atoms with Gasteiger partial charge in [0.25, 0.3) is 0 Å². The average Bonchev–Trinajstić information content (AvgIpc) is 3.99. The third-order valence-corrected chi connectivity index (χ3v) is 11.5. The van der Waals surface area contributed by atoms with Crippen molar-refractivity contribution in [1.29, 1.82) is 0 Å². The van der Waals surface area contributed by atoms with Gasteiger partial charge in [0.05, 0.1) is 5.69 Å². The molecule has 0 bridgehead atoms. The molecule has 272 valence electrons. The Bertz CT molecular complexity index is 3340. The van der Waals surface area contributed by atoms with E-state index in [4.69, 9.17) is 13.3 Å². The Balaban J connectivity index is 1.02. The normalized spacial score (nSPS) is 11.8. The van der Waals surface area contributed by atoms with Gasteiger partial charge in [-0.2, -0.15) is 0 Å². The molecule has 0 amide bonds. The van der Waals surface area contributed by atoms with Gasteiger partial charge in [0, 0.05) is 54.8 Å². The molecule has 0 aliphatic carbocycles. The molecule has 0 unspecified atom stereocenters. The number of furan rings is 3. The third kappa shape index (κ3) is 5.02. The maximum Gasteiger partial charge on any atom is 0.159 e. The van der Waals surface area contributed by atoms with Crippen LogP contribution in [0.1, 0.15) is 0 Å². The minimum absolute atomic E-state index is 0.827. The van der Waals surface area contributed by atoms with Gasteiger partial charge in [0.15, 0.2) is 5.58 Å². The highest BCUT2D eigenvalue weighted by Gasteiger charge is 2.22. The Labute approximate surface area is 333 Å². The van der Waals surface area contributed by atoms with Crippen LogP contribution in [0.3, 0.4) is 0 Å². The number of nitrogens with zero attached hydrogens (tertiary/aromatic N) is 1. The zero-order chi connectivity index (χ0) is 38.2. The molecule has 0 radical (unpaired) electrons. The molecule has 3 heterocycles. The van der Waals surface area contributed by atoms with E-state index in [1.165, 1.54) is 0 Å². The second-order valence-electron chi connectivity index (χ2n) is 14.8. The van der Waals surface area contributed by atoms with Crippen molar-refractivity contribution in [2.45, 2.75) is 0 Å². The second kappa shape index (κ2) is 12.9. The summed E-state index contributed by atoms with van der Waals surface area (Å²) in [5.74, 6) is 0. The highest BCUT2D eigenvalue weighted by Crippen LogP contribution is 2.46. The molecule has 0 fully saturated rings. The van der Waals surface area contributed by atoms with Crippen LogP contribution in [0, 0.1) is 0 Å². The summed E-state index contributed by atoms with van der Waals surface area (Å²) < 4.78 is 19.7. The quantitative estimate of drug-likeness (QED) is 0.170. The molecule has 4 heteroatoms. The maximum atomic E-state index is 6.84.